The summed E-state index contributed by atoms with van der Waals surface area (Å²) in [5.74, 6) is -2.59. The third-order valence-corrected chi connectivity index (χ3v) is 4.61. The van der Waals surface area contributed by atoms with Crippen molar-refractivity contribution in [2.75, 3.05) is 25.0 Å². The van der Waals surface area contributed by atoms with Gasteiger partial charge in [-0.05, 0) is 31.5 Å². The molecule has 0 spiro atoms. The fourth-order valence-corrected chi connectivity index (χ4v) is 3.23. The number of piperidine rings is 1. The minimum atomic E-state index is -1.03. The van der Waals surface area contributed by atoms with Crippen LogP contribution in [0.2, 0.25) is 0 Å². The van der Waals surface area contributed by atoms with Gasteiger partial charge in [-0.3, -0.25) is 34.2 Å². The molecule has 5 N–H and O–H groups in total. The number of anilines is 1. The number of benzene rings is 1. The molecule has 2 aliphatic heterocycles. The van der Waals surface area contributed by atoms with Gasteiger partial charge in [-0.15, -0.1) is 0 Å². The molecular formula is C18H21N5O5. The number of carbonyl (C=O) groups is 5. The van der Waals surface area contributed by atoms with E-state index >= 15 is 0 Å². The number of amides is 5. The van der Waals surface area contributed by atoms with Gasteiger partial charge >= 0.3 is 0 Å². The van der Waals surface area contributed by atoms with Crippen LogP contribution in [0.3, 0.4) is 0 Å². The molecule has 0 aliphatic carbocycles. The predicted molar refractivity (Wildman–Crippen MR) is 98.3 cm³/mol. The van der Waals surface area contributed by atoms with Crippen molar-refractivity contribution in [2.45, 2.75) is 25.3 Å². The molecule has 0 bridgehead atoms. The topological polar surface area (TPSA) is 151 Å². The highest BCUT2D eigenvalue weighted by atomic mass is 16.2. The lowest BCUT2D eigenvalue weighted by atomic mass is 10.0. The number of nitrogens with one attached hydrogen (secondary N) is 3. The first kappa shape index (κ1) is 19.5. The lowest BCUT2D eigenvalue weighted by Gasteiger charge is -2.27. The first-order valence-electron chi connectivity index (χ1n) is 8.99. The molecule has 1 atom stereocenters. The second-order valence-corrected chi connectivity index (χ2v) is 6.52. The summed E-state index contributed by atoms with van der Waals surface area (Å²) in [5.41, 5.74) is 5.98. The first-order valence-corrected chi connectivity index (χ1v) is 8.99. The Morgan fingerprint density at radius 1 is 1.21 bits per heavy atom. The molecule has 0 saturated carbocycles. The van der Waals surface area contributed by atoms with Crippen molar-refractivity contribution in [3.05, 3.63) is 29.3 Å². The van der Waals surface area contributed by atoms with Gasteiger partial charge in [-0.1, -0.05) is 6.07 Å². The fraction of sp³-hybridized carbons (Fsp3) is 0.389. The number of nitrogens with zero attached hydrogens (tertiary/aromatic N) is 1. The summed E-state index contributed by atoms with van der Waals surface area (Å²) in [6.45, 7) is 0.832. The fourth-order valence-electron chi connectivity index (χ4n) is 3.23. The molecule has 2 heterocycles. The van der Waals surface area contributed by atoms with Crippen LogP contribution in [-0.2, 0) is 14.4 Å². The van der Waals surface area contributed by atoms with Crippen molar-refractivity contribution in [1.29, 1.82) is 0 Å². The summed E-state index contributed by atoms with van der Waals surface area (Å²) < 4.78 is 0. The number of rotatable bonds is 7. The Kier molecular flexibility index (Phi) is 5.69. The van der Waals surface area contributed by atoms with Crippen LogP contribution in [0.5, 0.6) is 0 Å². The largest absolute Gasteiger partial charge is 0.375 e. The molecule has 10 heteroatoms. The molecule has 148 valence electrons. The SMILES string of the molecule is NCCCNC(=O)CNc1cccc2c1C(=O)N(C1CCC(=O)NC1=O)C2=O. The molecule has 28 heavy (non-hydrogen) atoms. The molecule has 5 amide bonds. The van der Waals surface area contributed by atoms with Gasteiger partial charge < -0.3 is 16.4 Å². The number of imide groups is 2. The van der Waals surface area contributed by atoms with Gasteiger partial charge in [0, 0.05) is 18.7 Å². The lowest BCUT2D eigenvalue weighted by molar-refractivity contribution is -0.136. The van der Waals surface area contributed by atoms with Crippen molar-refractivity contribution < 1.29 is 24.0 Å². The minimum absolute atomic E-state index is 0.0535. The molecular weight excluding hydrogens is 366 g/mol. The maximum absolute atomic E-state index is 12.9. The number of fused-ring (bicyclic) bond motifs is 1. The Bertz CT molecular complexity index is 853. The lowest BCUT2D eigenvalue weighted by Crippen LogP contribution is -2.54. The number of nitrogens with two attached hydrogens (primary N) is 1. The van der Waals surface area contributed by atoms with Gasteiger partial charge in [0.25, 0.3) is 11.8 Å². The van der Waals surface area contributed by atoms with E-state index in [4.69, 9.17) is 5.73 Å². The predicted octanol–water partition coefficient (Wildman–Crippen LogP) is -1.04. The van der Waals surface area contributed by atoms with Crippen LogP contribution in [-0.4, -0.2) is 60.1 Å². The standard InChI is InChI=1S/C18H21N5O5/c19-7-2-8-20-14(25)9-21-11-4-1-3-10-15(11)18(28)23(17(10)27)12-5-6-13(24)22-16(12)26/h1,3-4,12,21H,2,5-9,19H2,(H,20,25)(H,22,24,26). The maximum atomic E-state index is 12.9. The first-order chi connectivity index (χ1) is 13.4. The highest BCUT2D eigenvalue weighted by Gasteiger charge is 2.45. The van der Waals surface area contributed by atoms with Gasteiger partial charge in [0.1, 0.15) is 6.04 Å². The molecule has 10 nitrogen and oxygen atoms in total. The zero-order chi connectivity index (χ0) is 20.3. The molecule has 0 radical (unpaired) electrons. The van der Waals surface area contributed by atoms with E-state index in [0.29, 0.717) is 25.2 Å². The Labute approximate surface area is 160 Å². The van der Waals surface area contributed by atoms with Gasteiger partial charge in [-0.2, -0.15) is 0 Å². The van der Waals surface area contributed by atoms with Crippen LogP contribution in [0, 0.1) is 0 Å². The summed E-state index contributed by atoms with van der Waals surface area (Å²) in [5, 5.41) is 7.70. The Morgan fingerprint density at radius 2 is 2.00 bits per heavy atom. The van der Waals surface area contributed by atoms with Crippen molar-refractivity contribution >= 4 is 35.2 Å². The highest BCUT2D eigenvalue weighted by Crippen LogP contribution is 2.32. The second-order valence-electron chi connectivity index (χ2n) is 6.52. The van der Waals surface area contributed by atoms with Crippen LogP contribution in [0.1, 0.15) is 40.0 Å². The molecule has 1 unspecified atom stereocenters. The van der Waals surface area contributed by atoms with E-state index in [2.05, 4.69) is 16.0 Å². The van der Waals surface area contributed by atoms with Crippen molar-refractivity contribution in [2.24, 2.45) is 5.73 Å². The van der Waals surface area contributed by atoms with Gasteiger partial charge in [0.15, 0.2) is 0 Å². The monoisotopic (exact) mass is 387 g/mol. The molecule has 1 aromatic rings. The third kappa shape index (κ3) is 3.72. The molecule has 2 aliphatic rings. The summed E-state index contributed by atoms with van der Waals surface area (Å²) in [6, 6.07) is 3.64. The van der Waals surface area contributed by atoms with Crippen molar-refractivity contribution in [3.63, 3.8) is 0 Å². The Hall–Kier alpha value is -3.27. The zero-order valence-electron chi connectivity index (χ0n) is 15.1. The molecule has 0 aromatic heterocycles. The summed E-state index contributed by atoms with van der Waals surface area (Å²) in [7, 11) is 0. The summed E-state index contributed by atoms with van der Waals surface area (Å²) in [4.78, 5) is 61.8. The summed E-state index contributed by atoms with van der Waals surface area (Å²) >= 11 is 0. The van der Waals surface area contributed by atoms with E-state index in [1.165, 1.54) is 6.07 Å². The Balaban J connectivity index is 1.76. The number of hydrogen-bond acceptors (Lipinski definition) is 7. The average Bonchev–Trinajstić information content (AvgIpc) is 2.92. The second kappa shape index (κ2) is 8.17. The molecule has 3 rings (SSSR count). The van der Waals surface area contributed by atoms with Crippen LogP contribution in [0.15, 0.2) is 18.2 Å². The smallest absolute Gasteiger partial charge is 0.264 e. The van der Waals surface area contributed by atoms with Gasteiger partial charge in [-0.25, -0.2) is 0 Å². The van der Waals surface area contributed by atoms with Crippen molar-refractivity contribution in [3.8, 4) is 0 Å². The van der Waals surface area contributed by atoms with Gasteiger partial charge in [0.05, 0.1) is 17.7 Å². The highest BCUT2D eigenvalue weighted by molar-refractivity contribution is 6.25. The number of carbonyl (C=O) groups excluding carboxylic acids is 5. The molecule has 1 saturated heterocycles. The Morgan fingerprint density at radius 3 is 2.71 bits per heavy atom. The molecule has 1 fully saturated rings. The maximum Gasteiger partial charge on any atom is 0.264 e. The average molecular weight is 387 g/mol. The number of hydrogen-bond donors (Lipinski definition) is 4. The van der Waals surface area contributed by atoms with Crippen molar-refractivity contribution in [1.82, 2.24) is 15.5 Å². The zero-order valence-corrected chi connectivity index (χ0v) is 15.1. The van der Waals surface area contributed by atoms with E-state index in [9.17, 15) is 24.0 Å². The summed E-state index contributed by atoms with van der Waals surface area (Å²) in [6.07, 6.45) is 0.792. The van der Waals surface area contributed by atoms with E-state index in [1.807, 2.05) is 0 Å². The van der Waals surface area contributed by atoms with Crippen LogP contribution < -0.4 is 21.7 Å². The molecule has 1 aromatic carbocycles. The normalized spacial score (nSPS) is 18.8. The van der Waals surface area contributed by atoms with Crippen LogP contribution >= 0.6 is 0 Å². The minimum Gasteiger partial charge on any atom is -0.375 e. The van der Waals surface area contributed by atoms with Crippen LogP contribution in [0.25, 0.3) is 0 Å². The van der Waals surface area contributed by atoms with E-state index in [1.54, 1.807) is 12.1 Å². The van der Waals surface area contributed by atoms with E-state index < -0.39 is 29.7 Å². The quantitative estimate of drug-likeness (QED) is 0.345. The third-order valence-electron chi connectivity index (χ3n) is 4.61. The van der Waals surface area contributed by atoms with E-state index in [0.717, 1.165) is 4.90 Å². The van der Waals surface area contributed by atoms with Crippen LogP contribution in [0.4, 0.5) is 5.69 Å². The van der Waals surface area contributed by atoms with Gasteiger partial charge in [0.2, 0.25) is 17.7 Å². The van der Waals surface area contributed by atoms with E-state index in [-0.39, 0.29) is 36.4 Å².